The molecule has 0 saturated heterocycles. The molecular weight excluding hydrogens is 509 g/mol. The van der Waals surface area contributed by atoms with Gasteiger partial charge in [-0.15, -0.1) is 11.3 Å². The number of carboxylic acid groups (broad SMARTS) is 1. The number of nitrogens with zero attached hydrogens (tertiary/aromatic N) is 3. The molecule has 2 aromatic heterocycles. The van der Waals surface area contributed by atoms with Crippen LogP contribution in [0.15, 0.2) is 47.8 Å². The van der Waals surface area contributed by atoms with Crippen molar-refractivity contribution in [2.24, 2.45) is 11.8 Å². The number of aromatic carboxylic acids is 1. The maximum atomic E-state index is 14.9. The van der Waals surface area contributed by atoms with Crippen LogP contribution in [-0.2, 0) is 12.8 Å². The zero-order valence-corrected chi connectivity index (χ0v) is 22.7. The van der Waals surface area contributed by atoms with Crippen LogP contribution in [0.4, 0.5) is 4.39 Å². The maximum Gasteiger partial charge on any atom is 0.355 e. The second-order valence-electron chi connectivity index (χ2n) is 10.8. The van der Waals surface area contributed by atoms with Crippen LogP contribution in [-0.4, -0.2) is 25.8 Å². The van der Waals surface area contributed by atoms with Gasteiger partial charge in [0.1, 0.15) is 5.82 Å². The fourth-order valence-corrected chi connectivity index (χ4v) is 6.14. The fraction of sp³-hybridized carbons (Fsp3) is 0.344. The van der Waals surface area contributed by atoms with E-state index in [1.165, 1.54) is 54.2 Å². The SMILES string of the molecule is Cc1cccc(Cc2c(-c3ccc(F)c(C#CC4CCCC4)c3)nn(-c3nc(C(=O)O)cs3)c2CC2CC2)c1. The van der Waals surface area contributed by atoms with Gasteiger partial charge in [-0.2, -0.15) is 5.10 Å². The molecule has 39 heavy (non-hydrogen) atoms. The number of aryl methyl sites for hydroxylation is 1. The molecule has 2 aliphatic carbocycles. The van der Waals surface area contributed by atoms with E-state index in [9.17, 15) is 14.3 Å². The third-order valence-corrected chi connectivity index (χ3v) is 8.45. The van der Waals surface area contributed by atoms with Crippen molar-refractivity contribution in [3.8, 4) is 28.2 Å². The van der Waals surface area contributed by atoms with Crippen molar-refractivity contribution in [3.63, 3.8) is 0 Å². The molecule has 5 nitrogen and oxygen atoms in total. The van der Waals surface area contributed by atoms with Crippen molar-refractivity contribution >= 4 is 17.3 Å². The smallest absolute Gasteiger partial charge is 0.355 e. The number of hydrogen-bond donors (Lipinski definition) is 1. The molecule has 0 atom stereocenters. The fourth-order valence-electron chi connectivity index (χ4n) is 5.37. The molecule has 1 N–H and O–H groups in total. The van der Waals surface area contributed by atoms with Gasteiger partial charge in [-0.1, -0.05) is 54.5 Å². The third kappa shape index (κ3) is 5.67. The van der Waals surface area contributed by atoms with E-state index in [0.29, 0.717) is 29.0 Å². The summed E-state index contributed by atoms with van der Waals surface area (Å²) < 4.78 is 16.7. The normalized spacial score (nSPS) is 15.3. The minimum absolute atomic E-state index is 0.0101. The predicted octanol–water partition coefficient (Wildman–Crippen LogP) is 7.23. The van der Waals surface area contributed by atoms with Crippen LogP contribution in [0.3, 0.4) is 0 Å². The zero-order valence-electron chi connectivity index (χ0n) is 21.9. The highest BCUT2D eigenvalue weighted by atomic mass is 32.1. The molecule has 0 radical (unpaired) electrons. The van der Waals surface area contributed by atoms with E-state index in [1.807, 2.05) is 10.7 Å². The van der Waals surface area contributed by atoms with Crippen LogP contribution in [0.2, 0.25) is 0 Å². The molecule has 0 unspecified atom stereocenters. The van der Waals surface area contributed by atoms with Gasteiger partial charge < -0.3 is 5.11 Å². The number of rotatable bonds is 7. The lowest BCUT2D eigenvalue weighted by Crippen LogP contribution is -2.06. The van der Waals surface area contributed by atoms with Crippen LogP contribution < -0.4 is 0 Å². The van der Waals surface area contributed by atoms with Gasteiger partial charge in [-0.3, -0.25) is 0 Å². The van der Waals surface area contributed by atoms with Crippen LogP contribution in [0.1, 0.15) is 77.0 Å². The Kier molecular flexibility index (Phi) is 7.05. The highest BCUT2D eigenvalue weighted by Crippen LogP contribution is 2.38. The molecule has 2 saturated carbocycles. The quantitative estimate of drug-likeness (QED) is 0.252. The first kappa shape index (κ1) is 25.5. The minimum atomic E-state index is -1.06. The Morgan fingerprint density at radius 3 is 2.69 bits per heavy atom. The van der Waals surface area contributed by atoms with E-state index in [1.54, 1.807) is 11.4 Å². The van der Waals surface area contributed by atoms with Crippen molar-refractivity contribution in [2.75, 3.05) is 0 Å². The summed E-state index contributed by atoms with van der Waals surface area (Å²) in [6.45, 7) is 2.08. The number of hydrogen-bond acceptors (Lipinski definition) is 4. The Hall–Kier alpha value is -3.76. The molecule has 0 bridgehead atoms. The van der Waals surface area contributed by atoms with Gasteiger partial charge >= 0.3 is 5.97 Å². The molecule has 4 aromatic rings. The number of benzene rings is 2. The second-order valence-corrected chi connectivity index (χ2v) is 11.6. The second kappa shape index (κ2) is 10.8. The molecule has 2 fully saturated rings. The summed E-state index contributed by atoms with van der Waals surface area (Å²) in [6.07, 6.45) is 8.37. The molecule has 6 rings (SSSR count). The van der Waals surface area contributed by atoms with E-state index in [4.69, 9.17) is 5.10 Å². The summed E-state index contributed by atoms with van der Waals surface area (Å²) in [5, 5.41) is 16.6. The van der Waals surface area contributed by atoms with E-state index >= 15 is 0 Å². The summed E-state index contributed by atoms with van der Waals surface area (Å²) in [6, 6.07) is 13.5. The number of carbonyl (C=O) groups is 1. The summed E-state index contributed by atoms with van der Waals surface area (Å²) in [4.78, 5) is 16.0. The average molecular weight is 540 g/mol. The number of carboxylic acids is 1. The number of thiazole rings is 1. The number of halogens is 1. The first-order chi connectivity index (χ1) is 18.9. The van der Waals surface area contributed by atoms with E-state index in [0.717, 1.165) is 41.8 Å². The summed E-state index contributed by atoms with van der Waals surface area (Å²) >= 11 is 1.27. The highest BCUT2D eigenvalue weighted by molar-refractivity contribution is 7.12. The third-order valence-electron chi connectivity index (χ3n) is 7.63. The molecule has 2 aromatic carbocycles. The van der Waals surface area contributed by atoms with Crippen LogP contribution >= 0.6 is 11.3 Å². The lowest BCUT2D eigenvalue weighted by atomic mass is 9.95. The van der Waals surface area contributed by atoms with Crippen molar-refractivity contribution in [1.82, 2.24) is 14.8 Å². The Bertz CT molecular complexity index is 1600. The maximum absolute atomic E-state index is 14.9. The van der Waals surface area contributed by atoms with Crippen LogP contribution in [0, 0.1) is 36.4 Å². The summed E-state index contributed by atoms with van der Waals surface area (Å²) in [5.74, 6) is 5.93. The molecule has 7 heteroatoms. The molecule has 2 aliphatic rings. The first-order valence-corrected chi connectivity index (χ1v) is 14.5. The average Bonchev–Trinajstić information content (AvgIpc) is 3.28. The first-order valence-electron chi connectivity index (χ1n) is 13.6. The van der Waals surface area contributed by atoms with Crippen molar-refractivity contribution in [2.45, 2.75) is 58.3 Å². The van der Waals surface area contributed by atoms with Crippen LogP contribution in [0.25, 0.3) is 16.4 Å². The van der Waals surface area contributed by atoms with E-state index < -0.39 is 5.97 Å². The lowest BCUT2D eigenvalue weighted by Gasteiger charge is -2.09. The summed E-state index contributed by atoms with van der Waals surface area (Å²) in [7, 11) is 0. The summed E-state index contributed by atoms with van der Waals surface area (Å²) in [5.41, 5.74) is 6.44. The van der Waals surface area contributed by atoms with Crippen molar-refractivity contribution < 1.29 is 14.3 Å². The van der Waals surface area contributed by atoms with Crippen LogP contribution in [0.5, 0.6) is 0 Å². The molecule has 0 spiro atoms. The molecule has 198 valence electrons. The Morgan fingerprint density at radius 2 is 1.97 bits per heavy atom. The van der Waals surface area contributed by atoms with Gasteiger partial charge in [0.25, 0.3) is 0 Å². The molecule has 0 aliphatic heterocycles. The predicted molar refractivity (Wildman–Crippen MR) is 151 cm³/mol. The molecular formula is C32H30FN3O2S. The van der Waals surface area contributed by atoms with Gasteiger partial charge in [-0.25, -0.2) is 18.9 Å². The zero-order chi connectivity index (χ0) is 26.9. The van der Waals surface area contributed by atoms with Gasteiger partial charge in [-0.05, 0) is 68.7 Å². The van der Waals surface area contributed by atoms with Crippen molar-refractivity contribution in [1.29, 1.82) is 0 Å². The lowest BCUT2D eigenvalue weighted by molar-refractivity contribution is 0.0691. The standard InChI is InChI=1S/C32H30FN3O2S/c1-20-5-4-8-23(15-20)16-26-29(17-22-9-10-22)36(32-34-28(19-39-32)31(37)38)35-30(26)25-13-14-27(33)24(18-25)12-11-21-6-2-3-7-21/h4-5,8,13-15,18-19,21-22H,2-3,6-7,9-10,16-17H2,1H3,(H,37,38). The minimum Gasteiger partial charge on any atom is -0.476 e. The highest BCUT2D eigenvalue weighted by Gasteiger charge is 2.29. The van der Waals surface area contributed by atoms with Gasteiger partial charge in [0, 0.05) is 28.8 Å². The molecule has 0 amide bonds. The topological polar surface area (TPSA) is 68.0 Å². The Balaban J connectivity index is 1.49. The van der Waals surface area contributed by atoms with Gasteiger partial charge in [0.2, 0.25) is 5.13 Å². The Labute approximate surface area is 231 Å². The largest absolute Gasteiger partial charge is 0.476 e. The van der Waals surface area contributed by atoms with E-state index in [-0.39, 0.29) is 11.5 Å². The Morgan fingerprint density at radius 1 is 1.15 bits per heavy atom. The number of aromatic nitrogens is 3. The molecule has 2 heterocycles. The van der Waals surface area contributed by atoms with Gasteiger partial charge in [0.05, 0.1) is 17.0 Å². The van der Waals surface area contributed by atoms with Gasteiger partial charge in [0.15, 0.2) is 5.69 Å². The van der Waals surface area contributed by atoms with Crippen molar-refractivity contribution in [3.05, 3.63) is 87.3 Å². The monoisotopic (exact) mass is 539 g/mol. The van der Waals surface area contributed by atoms with E-state index in [2.05, 4.69) is 48.0 Å².